The minimum absolute atomic E-state index is 0.217. The predicted molar refractivity (Wildman–Crippen MR) is 109 cm³/mol. The monoisotopic (exact) mass is 380 g/mol. The van der Waals surface area contributed by atoms with Crippen molar-refractivity contribution in [3.8, 4) is 0 Å². The van der Waals surface area contributed by atoms with Crippen LogP contribution in [0.25, 0.3) is 11.2 Å². The first-order valence-electron chi connectivity index (χ1n) is 9.34. The molecule has 1 saturated heterocycles. The summed E-state index contributed by atoms with van der Waals surface area (Å²) in [6, 6.07) is 11.6. The van der Waals surface area contributed by atoms with E-state index in [0.29, 0.717) is 11.6 Å². The first-order chi connectivity index (χ1) is 13.6. The van der Waals surface area contributed by atoms with Crippen molar-refractivity contribution in [2.45, 2.75) is 6.61 Å². The number of imidazole rings is 1. The van der Waals surface area contributed by atoms with Crippen molar-refractivity contribution in [3.63, 3.8) is 0 Å². The number of amides is 1. The van der Waals surface area contributed by atoms with Gasteiger partial charge in [-0.2, -0.15) is 4.98 Å². The van der Waals surface area contributed by atoms with Crippen LogP contribution >= 0.6 is 0 Å². The quantitative estimate of drug-likeness (QED) is 0.749. The van der Waals surface area contributed by atoms with Gasteiger partial charge in [0.15, 0.2) is 5.65 Å². The number of piperazine rings is 1. The Bertz CT molecular complexity index is 950. The normalized spacial score (nSPS) is 15.0. The van der Waals surface area contributed by atoms with Crippen molar-refractivity contribution in [3.05, 3.63) is 48.2 Å². The number of anilines is 2. The third-order valence-electron chi connectivity index (χ3n) is 5.00. The molecule has 1 aliphatic heterocycles. The molecule has 1 aromatic carbocycles. The number of hydrogen-bond donors (Lipinski definition) is 1. The highest BCUT2D eigenvalue weighted by atomic mass is 16.6. The predicted octanol–water partition coefficient (Wildman–Crippen LogP) is 2.48. The minimum Gasteiger partial charge on any atom is -0.444 e. The second-order valence-electron chi connectivity index (χ2n) is 6.98. The summed E-state index contributed by atoms with van der Waals surface area (Å²) in [5, 5.41) is 0. The molecule has 1 N–H and O–H groups in total. The van der Waals surface area contributed by atoms with Crippen LogP contribution in [0.5, 0.6) is 0 Å². The number of carbonyl (C=O) groups excluding carboxylic acids is 1. The molecule has 0 unspecified atom stereocenters. The van der Waals surface area contributed by atoms with Gasteiger partial charge in [-0.3, -0.25) is 4.90 Å². The van der Waals surface area contributed by atoms with Crippen molar-refractivity contribution in [2.24, 2.45) is 0 Å². The average Bonchev–Trinajstić information content (AvgIpc) is 3.17. The molecule has 0 radical (unpaired) electrons. The van der Waals surface area contributed by atoms with E-state index in [0.717, 1.165) is 42.9 Å². The van der Waals surface area contributed by atoms with Crippen molar-refractivity contribution in [2.75, 3.05) is 50.1 Å². The summed E-state index contributed by atoms with van der Waals surface area (Å²) in [6.07, 6.45) is 1.29. The zero-order valence-corrected chi connectivity index (χ0v) is 16.1. The number of benzene rings is 1. The molecule has 8 heteroatoms. The summed E-state index contributed by atoms with van der Waals surface area (Å²) in [5.74, 6) is 0.419. The van der Waals surface area contributed by atoms with Gasteiger partial charge in [0.05, 0.1) is 5.69 Å². The lowest BCUT2D eigenvalue weighted by Crippen LogP contribution is -2.44. The molecule has 1 amide bonds. The zero-order valence-electron chi connectivity index (χ0n) is 16.1. The van der Waals surface area contributed by atoms with Gasteiger partial charge in [-0.05, 0) is 18.7 Å². The van der Waals surface area contributed by atoms with Crippen molar-refractivity contribution >= 4 is 28.9 Å². The summed E-state index contributed by atoms with van der Waals surface area (Å²) in [5.41, 5.74) is 3.43. The number of ether oxygens (including phenoxy) is 1. The van der Waals surface area contributed by atoms with Gasteiger partial charge >= 0.3 is 6.09 Å². The lowest BCUT2D eigenvalue weighted by atomic mass is 10.2. The van der Waals surface area contributed by atoms with Gasteiger partial charge in [-0.1, -0.05) is 30.3 Å². The fourth-order valence-electron chi connectivity index (χ4n) is 3.26. The summed E-state index contributed by atoms with van der Waals surface area (Å²) in [6.45, 7) is 4.12. The fourth-order valence-corrected chi connectivity index (χ4v) is 3.26. The van der Waals surface area contributed by atoms with Crippen molar-refractivity contribution < 1.29 is 9.53 Å². The first kappa shape index (κ1) is 18.2. The molecule has 3 aromatic rings. The topological polar surface area (TPSA) is 77.6 Å². The second-order valence-corrected chi connectivity index (χ2v) is 6.98. The number of fused-ring (bicyclic) bond motifs is 1. The largest absolute Gasteiger partial charge is 0.444 e. The van der Waals surface area contributed by atoms with E-state index < -0.39 is 6.09 Å². The molecular weight excluding hydrogens is 356 g/mol. The zero-order chi connectivity index (χ0) is 19.5. The molecule has 146 valence electrons. The summed E-state index contributed by atoms with van der Waals surface area (Å²) in [4.78, 5) is 30.5. The number of rotatable bonds is 4. The maximum absolute atomic E-state index is 12.4. The van der Waals surface area contributed by atoms with Crippen LogP contribution in [-0.2, 0) is 11.3 Å². The fraction of sp³-hybridized carbons (Fsp3) is 0.350. The molecule has 0 spiro atoms. The molecular formula is C20H24N6O2. The van der Waals surface area contributed by atoms with E-state index >= 15 is 0 Å². The SMILES string of the molecule is CN1CCN(c2ccnc3nc(N(C)C(=O)OCc4ccccc4)[nH]c23)CC1. The molecule has 1 fully saturated rings. The average molecular weight is 380 g/mol. The maximum atomic E-state index is 12.4. The van der Waals surface area contributed by atoms with E-state index in [1.165, 1.54) is 4.90 Å². The van der Waals surface area contributed by atoms with Crippen molar-refractivity contribution in [1.82, 2.24) is 19.9 Å². The number of carbonyl (C=O) groups is 1. The smallest absolute Gasteiger partial charge is 0.416 e. The number of hydrogen-bond acceptors (Lipinski definition) is 6. The summed E-state index contributed by atoms with van der Waals surface area (Å²) < 4.78 is 5.39. The van der Waals surface area contributed by atoms with E-state index in [4.69, 9.17) is 4.74 Å². The summed E-state index contributed by atoms with van der Waals surface area (Å²) >= 11 is 0. The molecule has 0 aliphatic carbocycles. The Morgan fingerprint density at radius 3 is 2.68 bits per heavy atom. The first-order valence-corrected chi connectivity index (χ1v) is 9.34. The number of pyridine rings is 1. The lowest BCUT2D eigenvalue weighted by molar-refractivity contribution is 0.148. The van der Waals surface area contributed by atoms with Gasteiger partial charge in [-0.15, -0.1) is 0 Å². The van der Waals surface area contributed by atoms with Crippen LogP contribution in [-0.4, -0.2) is 66.2 Å². The molecule has 3 heterocycles. The molecule has 0 bridgehead atoms. The van der Waals surface area contributed by atoms with Gasteiger partial charge in [0, 0.05) is 39.4 Å². The van der Waals surface area contributed by atoms with Crippen LogP contribution in [0.4, 0.5) is 16.4 Å². The molecule has 0 atom stereocenters. The highest BCUT2D eigenvalue weighted by molar-refractivity contribution is 5.91. The number of nitrogens with zero attached hydrogens (tertiary/aromatic N) is 5. The van der Waals surface area contributed by atoms with Crippen LogP contribution in [0.2, 0.25) is 0 Å². The third-order valence-corrected chi connectivity index (χ3v) is 5.00. The maximum Gasteiger partial charge on any atom is 0.416 e. The highest BCUT2D eigenvalue weighted by Gasteiger charge is 2.21. The summed E-state index contributed by atoms with van der Waals surface area (Å²) in [7, 11) is 3.77. The molecule has 8 nitrogen and oxygen atoms in total. The lowest BCUT2D eigenvalue weighted by Gasteiger charge is -2.34. The van der Waals surface area contributed by atoms with Crippen molar-refractivity contribution in [1.29, 1.82) is 0 Å². The number of nitrogens with one attached hydrogen (secondary N) is 1. The highest BCUT2D eigenvalue weighted by Crippen LogP contribution is 2.26. The Morgan fingerprint density at radius 1 is 1.18 bits per heavy atom. The van der Waals surface area contributed by atoms with E-state index in [-0.39, 0.29) is 6.61 Å². The Kier molecular flexibility index (Phi) is 5.12. The van der Waals surface area contributed by atoms with Gasteiger partial charge in [-0.25, -0.2) is 9.78 Å². The van der Waals surface area contributed by atoms with E-state index in [1.54, 1.807) is 13.2 Å². The van der Waals surface area contributed by atoms with Crippen LogP contribution in [0.1, 0.15) is 5.56 Å². The molecule has 28 heavy (non-hydrogen) atoms. The van der Waals surface area contributed by atoms with Gasteiger partial charge in [0.25, 0.3) is 0 Å². The van der Waals surface area contributed by atoms with Crippen LogP contribution in [0, 0.1) is 0 Å². The van der Waals surface area contributed by atoms with Gasteiger partial charge in [0.1, 0.15) is 12.1 Å². The second kappa shape index (κ2) is 7.85. The Morgan fingerprint density at radius 2 is 1.93 bits per heavy atom. The minimum atomic E-state index is -0.468. The standard InChI is InChI=1S/C20H24N6O2/c1-24-10-12-26(13-11-24)16-8-9-21-18-17(16)22-19(23-18)25(2)20(27)28-14-15-6-4-3-5-7-15/h3-9H,10-14H2,1-2H3,(H,21,22,23). The Balaban J connectivity index is 1.50. The molecule has 0 saturated carbocycles. The van der Waals surface area contributed by atoms with E-state index in [2.05, 4.69) is 31.8 Å². The molecule has 2 aromatic heterocycles. The molecule has 1 aliphatic rings. The van der Waals surface area contributed by atoms with Crippen LogP contribution in [0.15, 0.2) is 42.6 Å². The number of likely N-dealkylation sites (N-methyl/N-ethyl adjacent to an activating group) is 1. The number of aromatic nitrogens is 3. The third kappa shape index (κ3) is 3.77. The van der Waals surface area contributed by atoms with E-state index in [9.17, 15) is 4.79 Å². The Labute approximate surface area is 163 Å². The molecule has 4 rings (SSSR count). The van der Waals surface area contributed by atoms with Gasteiger partial charge < -0.3 is 19.5 Å². The Hall–Kier alpha value is -3.13. The number of aromatic amines is 1. The van der Waals surface area contributed by atoms with Crippen LogP contribution < -0.4 is 9.80 Å². The number of H-pyrrole nitrogens is 1. The van der Waals surface area contributed by atoms with Crippen LogP contribution in [0.3, 0.4) is 0 Å². The van der Waals surface area contributed by atoms with E-state index in [1.807, 2.05) is 36.4 Å². The van der Waals surface area contributed by atoms with Gasteiger partial charge in [0.2, 0.25) is 5.95 Å².